The number of nitrogens with zero attached hydrogens (tertiary/aromatic N) is 2. The lowest BCUT2D eigenvalue weighted by molar-refractivity contribution is 0.284. The number of hydrogen-bond acceptors (Lipinski definition) is 4. The van der Waals surface area contributed by atoms with Crippen LogP contribution >= 0.6 is 0 Å². The zero-order valence-corrected chi connectivity index (χ0v) is 11.5. The highest BCUT2D eigenvalue weighted by Gasteiger charge is 2.39. The molecule has 0 bridgehead atoms. The van der Waals surface area contributed by atoms with Gasteiger partial charge in [-0.3, -0.25) is 0 Å². The van der Waals surface area contributed by atoms with Gasteiger partial charge in [0.05, 0.1) is 5.41 Å². The van der Waals surface area contributed by atoms with E-state index in [0.717, 1.165) is 31.2 Å². The van der Waals surface area contributed by atoms with Gasteiger partial charge in [-0.25, -0.2) is 4.39 Å². The molecule has 0 unspecified atom stereocenters. The second-order valence-corrected chi connectivity index (χ2v) is 5.58. The smallest absolute Gasteiger partial charge is 0.234 e. The molecule has 20 heavy (non-hydrogen) atoms. The van der Waals surface area contributed by atoms with Crippen LogP contribution in [-0.2, 0) is 5.41 Å². The first-order valence-corrected chi connectivity index (χ1v) is 6.95. The molecule has 0 radical (unpaired) electrons. The minimum absolute atomic E-state index is 0.166. The van der Waals surface area contributed by atoms with Crippen LogP contribution in [0.15, 0.2) is 22.7 Å². The maximum atomic E-state index is 13.3. The van der Waals surface area contributed by atoms with E-state index in [2.05, 4.69) is 10.1 Å². The first-order chi connectivity index (χ1) is 9.64. The molecule has 1 aliphatic carbocycles. The lowest BCUT2D eigenvalue weighted by Gasteiger charge is -2.21. The minimum Gasteiger partial charge on any atom is -0.338 e. The molecule has 3 rings (SSSR count). The monoisotopic (exact) mass is 275 g/mol. The third-order valence-corrected chi connectivity index (χ3v) is 4.25. The third kappa shape index (κ3) is 2.12. The van der Waals surface area contributed by atoms with Crippen molar-refractivity contribution >= 4 is 0 Å². The normalized spacial score (nSPS) is 17.6. The Kier molecular flexibility index (Phi) is 3.30. The lowest BCUT2D eigenvalue weighted by atomic mass is 9.86. The van der Waals surface area contributed by atoms with Gasteiger partial charge < -0.3 is 10.3 Å². The lowest BCUT2D eigenvalue weighted by Crippen LogP contribution is -2.32. The van der Waals surface area contributed by atoms with Crippen molar-refractivity contribution in [3.8, 4) is 11.4 Å². The van der Waals surface area contributed by atoms with Crippen molar-refractivity contribution in [2.45, 2.75) is 38.0 Å². The van der Waals surface area contributed by atoms with Crippen LogP contribution in [0.2, 0.25) is 0 Å². The fourth-order valence-electron chi connectivity index (χ4n) is 2.90. The molecule has 4 nitrogen and oxygen atoms in total. The molecule has 5 heteroatoms. The fraction of sp³-hybridized carbons (Fsp3) is 0.467. The van der Waals surface area contributed by atoms with Crippen molar-refractivity contribution < 1.29 is 8.91 Å². The quantitative estimate of drug-likeness (QED) is 0.935. The highest BCUT2D eigenvalue weighted by Crippen LogP contribution is 2.39. The van der Waals surface area contributed by atoms with E-state index in [1.54, 1.807) is 19.1 Å². The number of aromatic nitrogens is 2. The number of benzene rings is 1. The Morgan fingerprint density at radius 3 is 2.75 bits per heavy atom. The van der Waals surface area contributed by atoms with E-state index in [-0.39, 0.29) is 11.2 Å². The summed E-state index contributed by atoms with van der Waals surface area (Å²) in [7, 11) is 0. The first kappa shape index (κ1) is 13.2. The summed E-state index contributed by atoms with van der Waals surface area (Å²) in [5, 5.41) is 4.03. The number of hydrogen-bond donors (Lipinski definition) is 1. The Bertz CT molecular complexity index is 617. The van der Waals surface area contributed by atoms with E-state index >= 15 is 0 Å². The van der Waals surface area contributed by atoms with Crippen LogP contribution in [0.4, 0.5) is 4.39 Å². The summed E-state index contributed by atoms with van der Waals surface area (Å²) >= 11 is 0. The summed E-state index contributed by atoms with van der Waals surface area (Å²) in [5.41, 5.74) is 7.09. The molecule has 106 valence electrons. The molecule has 1 saturated carbocycles. The van der Waals surface area contributed by atoms with Crippen LogP contribution in [0.5, 0.6) is 0 Å². The molecule has 2 N–H and O–H groups in total. The Morgan fingerprint density at radius 1 is 1.35 bits per heavy atom. The van der Waals surface area contributed by atoms with Crippen LogP contribution in [-0.4, -0.2) is 16.7 Å². The highest BCUT2D eigenvalue weighted by atomic mass is 19.1. The standard InChI is InChI=1S/C15H18FN3O/c1-10-8-11(4-5-12(10)16)13-18-14(20-19-13)15(9-17)6-2-3-7-15/h4-5,8H,2-3,6-7,9,17H2,1H3. The highest BCUT2D eigenvalue weighted by molar-refractivity contribution is 5.55. The van der Waals surface area contributed by atoms with Gasteiger partial charge in [-0.05, 0) is 43.5 Å². The second-order valence-electron chi connectivity index (χ2n) is 5.58. The summed E-state index contributed by atoms with van der Waals surface area (Å²) in [5.74, 6) is 0.893. The van der Waals surface area contributed by atoms with Gasteiger partial charge in [0.2, 0.25) is 11.7 Å². The van der Waals surface area contributed by atoms with Gasteiger partial charge in [-0.1, -0.05) is 18.0 Å². The number of nitrogens with two attached hydrogens (primary N) is 1. The van der Waals surface area contributed by atoms with Crippen LogP contribution < -0.4 is 5.73 Å². The van der Waals surface area contributed by atoms with E-state index in [1.165, 1.54) is 6.07 Å². The van der Waals surface area contributed by atoms with Gasteiger partial charge >= 0.3 is 0 Å². The number of halogens is 1. The summed E-state index contributed by atoms with van der Waals surface area (Å²) in [4.78, 5) is 4.50. The summed E-state index contributed by atoms with van der Waals surface area (Å²) in [6.45, 7) is 2.25. The SMILES string of the molecule is Cc1cc(-c2noc(C3(CN)CCCC3)n2)ccc1F. The van der Waals surface area contributed by atoms with Crippen LogP contribution in [0.3, 0.4) is 0 Å². The van der Waals surface area contributed by atoms with Crippen molar-refractivity contribution in [1.29, 1.82) is 0 Å². The molecule has 1 heterocycles. The molecular weight excluding hydrogens is 257 g/mol. The maximum absolute atomic E-state index is 13.3. The van der Waals surface area contributed by atoms with E-state index in [1.807, 2.05) is 0 Å². The summed E-state index contributed by atoms with van der Waals surface area (Å²) in [6, 6.07) is 4.82. The molecule has 1 aromatic carbocycles. The summed E-state index contributed by atoms with van der Waals surface area (Å²) < 4.78 is 18.7. The third-order valence-electron chi connectivity index (χ3n) is 4.25. The van der Waals surface area contributed by atoms with E-state index in [0.29, 0.717) is 23.8 Å². The van der Waals surface area contributed by atoms with E-state index in [4.69, 9.17) is 10.3 Å². The number of aryl methyl sites for hydroxylation is 1. The molecule has 1 aromatic heterocycles. The van der Waals surface area contributed by atoms with Gasteiger partial charge in [0.15, 0.2) is 0 Å². The molecular formula is C15H18FN3O. The van der Waals surface area contributed by atoms with E-state index < -0.39 is 0 Å². The average molecular weight is 275 g/mol. The van der Waals surface area contributed by atoms with E-state index in [9.17, 15) is 4.39 Å². The van der Waals surface area contributed by atoms with Crippen LogP contribution in [0.1, 0.15) is 37.1 Å². The Balaban J connectivity index is 1.95. The first-order valence-electron chi connectivity index (χ1n) is 6.95. The Morgan fingerprint density at radius 2 is 2.10 bits per heavy atom. The average Bonchev–Trinajstić information content (AvgIpc) is 3.10. The van der Waals surface area contributed by atoms with Crippen molar-refractivity contribution in [3.63, 3.8) is 0 Å². The van der Waals surface area contributed by atoms with Gasteiger partial charge in [-0.2, -0.15) is 4.98 Å². The fourth-order valence-corrected chi connectivity index (χ4v) is 2.90. The predicted molar refractivity (Wildman–Crippen MR) is 73.6 cm³/mol. The predicted octanol–water partition coefficient (Wildman–Crippen LogP) is 2.95. The van der Waals surface area contributed by atoms with Gasteiger partial charge in [-0.15, -0.1) is 0 Å². The zero-order chi connectivity index (χ0) is 14.2. The molecule has 1 aliphatic rings. The molecule has 0 saturated heterocycles. The topological polar surface area (TPSA) is 64.9 Å². The Labute approximate surface area is 117 Å². The van der Waals surface area contributed by atoms with Gasteiger partial charge in [0, 0.05) is 12.1 Å². The van der Waals surface area contributed by atoms with Crippen LogP contribution in [0.25, 0.3) is 11.4 Å². The van der Waals surface area contributed by atoms with Crippen molar-refractivity contribution in [1.82, 2.24) is 10.1 Å². The minimum atomic E-state index is -0.230. The van der Waals surface area contributed by atoms with Crippen molar-refractivity contribution in [2.75, 3.05) is 6.54 Å². The Hall–Kier alpha value is -1.75. The summed E-state index contributed by atoms with van der Waals surface area (Å²) in [6.07, 6.45) is 4.27. The van der Waals surface area contributed by atoms with Gasteiger partial charge in [0.1, 0.15) is 5.82 Å². The maximum Gasteiger partial charge on any atom is 0.234 e. The molecule has 0 atom stereocenters. The molecule has 2 aromatic rings. The number of rotatable bonds is 3. The van der Waals surface area contributed by atoms with Crippen molar-refractivity contribution in [3.05, 3.63) is 35.5 Å². The molecule has 0 spiro atoms. The van der Waals surface area contributed by atoms with Crippen molar-refractivity contribution in [2.24, 2.45) is 5.73 Å². The second kappa shape index (κ2) is 4.98. The molecule has 0 amide bonds. The van der Waals surface area contributed by atoms with Crippen LogP contribution in [0, 0.1) is 12.7 Å². The molecule has 0 aliphatic heterocycles. The van der Waals surface area contributed by atoms with Gasteiger partial charge in [0.25, 0.3) is 0 Å². The molecule has 1 fully saturated rings. The zero-order valence-electron chi connectivity index (χ0n) is 11.5. The largest absolute Gasteiger partial charge is 0.338 e.